The van der Waals surface area contributed by atoms with Crippen molar-refractivity contribution in [1.29, 1.82) is 0 Å². The van der Waals surface area contributed by atoms with E-state index in [2.05, 4.69) is 11.9 Å². The molecule has 0 atom stereocenters. The van der Waals surface area contributed by atoms with Gasteiger partial charge in [0.2, 0.25) is 0 Å². The molecule has 0 radical (unpaired) electrons. The predicted octanol–water partition coefficient (Wildman–Crippen LogP) is 2.81. The third-order valence-electron chi connectivity index (χ3n) is 2.63. The number of carboxylic acid groups (broad SMARTS) is 1. The van der Waals surface area contributed by atoms with Gasteiger partial charge in [0.1, 0.15) is 0 Å². The van der Waals surface area contributed by atoms with Crippen LogP contribution in [-0.2, 0) is 0 Å². The van der Waals surface area contributed by atoms with Crippen molar-refractivity contribution >= 4 is 17.7 Å². The number of carbonyl (C=O) groups excluding carboxylic acids is 1. The van der Waals surface area contributed by atoms with E-state index in [-0.39, 0.29) is 11.6 Å². The number of nitrogens with zero attached hydrogens (tertiary/aromatic N) is 1. The number of anilines is 1. The molecule has 1 aromatic rings. The van der Waals surface area contributed by atoms with E-state index in [0.29, 0.717) is 12.2 Å². The number of allylic oxidation sites excluding steroid dienone is 1. The van der Waals surface area contributed by atoms with Crippen LogP contribution >= 0.6 is 0 Å². The van der Waals surface area contributed by atoms with Gasteiger partial charge >= 0.3 is 12.0 Å². The molecule has 0 aromatic heterocycles. The molecule has 0 bridgehead atoms. The summed E-state index contributed by atoms with van der Waals surface area (Å²) in [6.07, 6.45) is 3.55. The number of carboxylic acids is 1. The highest BCUT2D eigenvalue weighted by molar-refractivity contribution is 5.91. The van der Waals surface area contributed by atoms with Crippen molar-refractivity contribution in [3.8, 4) is 0 Å². The lowest BCUT2D eigenvalue weighted by atomic mass is 10.2. The molecule has 0 spiro atoms. The zero-order valence-electron chi connectivity index (χ0n) is 10.9. The van der Waals surface area contributed by atoms with E-state index in [9.17, 15) is 9.59 Å². The first-order valence-electron chi connectivity index (χ1n) is 6.01. The standard InChI is InChI=1S/C14H18N2O3/c1-3-4-5-10-16(2)14(19)15-12-8-6-11(7-9-12)13(17)18/h3,6-9H,1,4-5,10H2,2H3,(H,15,19)(H,17,18). The molecule has 19 heavy (non-hydrogen) atoms. The third kappa shape index (κ3) is 4.83. The average Bonchev–Trinajstić information content (AvgIpc) is 2.39. The van der Waals surface area contributed by atoms with Crippen molar-refractivity contribution in [3.63, 3.8) is 0 Å². The van der Waals surface area contributed by atoms with E-state index in [1.54, 1.807) is 24.1 Å². The molecule has 1 rings (SSSR count). The van der Waals surface area contributed by atoms with Gasteiger partial charge in [0, 0.05) is 19.3 Å². The van der Waals surface area contributed by atoms with E-state index in [0.717, 1.165) is 12.8 Å². The largest absolute Gasteiger partial charge is 0.478 e. The normalized spacial score (nSPS) is 9.74. The highest BCUT2D eigenvalue weighted by atomic mass is 16.4. The number of hydrogen-bond donors (Lipinski definition) is 2. The minimum absolute atomic E-state index is 0.192. The third-order valence-corrected chi connectivity index (χ3v) is 2.63. The molecule has 5 nitrogen and oxygen atoms in total. The molecule has 0 aliphatic heterocycles. The van der Waals surface area contributed by atoms with E-state index in [4.69, 9.17) is 5.11 Å². The van der Waals surface area contributed by atoms with E-state index >= 15 is 0 Å². The lowest BCUT2D eigenvalue weighted by Crippen LogP contribution is -2.32. The Morgan fingerprint density at radius 3 is 2.53 bits per heavy atom. The van der Waals surface area contributed by atoms with E-state index in [1.807, 2.05) is 6.08 Å². The first kappa shape index (κ1) is 14.8. The molecule has 0 unspecified atom stereocenters. The molecule has 0 aliphatic rings. The summed E-state index contributed by atoms with van der Waals surface area (Å²) in [4.78, 5) is 24.1. The number of hydrogen-bond acceptors (Lipinski definition) is 2. The summed E-state index contributed by atoms with van der Waals surface area (Å²) in [5.41, 5.74) is 0.767. The summed E-state index contributed by atoms with van der Waals surface area (Å²) in [6.45, 7) is 4.27. The van der Waals surface area contributed by atoms with Gasteiger partial charge in [-0.05, 0) is 37.1 Å². The maximum Gasteiger partial charge on any atom is 0.335 e. The molecule has 0 saturated carbocycles. The fourth-order valence-corrected chi connectivity index (χ4v) is 1.49. The number of benzene rings is 1. The van der Waals surface area contributed by atoms with Gasteiger partial charge in [-0.25, -0.2) is 9.59 Å². The predicted molar refractivity (Wildman–Crippen MR) is 74.5 cm³/mol. The second-order valence-corrected chi connectivity index (χ2v) is 4.17. The smallest absolute Gasteiger partial charge is 0.335 e. The van der Waals surface area contributed by atoms with Gasteiger partial charge in [0.05, 0.1) is 5.56 Å². The Morgan fingerprint density at radius 1 is 1.37 bits per heavy atom. The molecular formula is C14H18N2O3. The monoisotopic (exact) mass is 262 g/mol. The van der Waals surface area contributed by atoms with E-state index in [1.165, 1.54) is 12.1 Å². The first-order valence-corrected chi connectivity index (χ1v) is 6.01. The molecule has 5 heteroatoms. The minimum atomic E-state index is -0.987. The lowest BCUT2D eigenvalue weighted by Gasteiger charge is -2.17. The molecule has 0 heterocycles. The van der Waals surface area contributed by atoms with Crippen molar-refractivity contribution in [1.82, 2.24) is 4.90 Å². The van der Waals surface area contributed by atoms with Crippen molar-refractivity contribution in [2.24, 2.45) is 0 Å². The Bertz CT molecular complexity index is 454. The Morgan fingerprint density at radius 2 is 2.00 bits per heavy atom. The Labute approximate surface area is 112 Å². The molecule has 1 aromatic carbocycles. The van der Waals surface area contributed by atoms with Gasteiger partial charge in [-0.15, -0.1) is 6.58 Å². The Kier molecular flexibility index (Phi) is 5.60. The van der Waals surface area contributed by atoms with Crippen LogP contribution in [0.25, 0.3) is 0 Å². The second kappa shape index (κ2) is 7.20. The zero-order chi connectivity index (χ0) is 14.3. The van der Waals surface area contributed by atoms with Crippen molar-refractivity contribution in [2.45, 2.75) is 12.8 Å². The summed E-state index contributed by atoms with van der Waals surface area (Å²) < 4.78 is 0. The maximum absolute atomic E-state index is 11.8. The number of rotatable bonds is 6. The number of urea groups is 1. The number of carbonyl (C=O) groups is 2. The molecular weight excluding hydrogens is 244 g/mol. The van der Waals surface area contributed by atoms with Crippen molar-refractivity contribution in [2.75, 3.05) is 18.9 Å². The van der Waals surface area contributed by atoms with Gasteiger partial charge in [-0.2, -0.15) is 0 Å². The van der Waals surface area contributed by atoms with E-state index < -0.39 is 5.97 Å². The SMILES string of the molecule is C=CCCCN(C)C(=O)Nc1ccc(C(=O)O)cc1. The Balaban J connectivity index is 2.51. The van der Waals surface area contributed by atoms with Crippen LogP contribution in [0.3, 0.4) is 0 Å². The summed E-state index contributed by atoms with van der Waals surface area (Å²) >= 11 is 0. The van der Waals surface area contributed by atoms with Crippen LogP contribution in [0.2, 0.25) is 0 Å². The quantitative estimate of drug-likeness (QED) is 0.611. The molecule has 2 amide bonds. The highest BCUT2D eigenvalue weighted by Crippen LogP contribution is 2.10. The lowest BCUT2D eigenvalue weighted by molar-refractivity contribution is 0.0697. The van der Waals surface area contributed by atoms with Crippen LogP contribution in [0.1, 0.15) is 23.2 Å². The summed E-state index contributed by atoms with van der Waals surface area (Å²) in [6, 6.07) is 5.83. The van der Waals surface area contributed by atoms with Gasteiger partial charge in [-0.1, -0.05) is 6.08 Å². The van der Waals surface area contributed by atoms with Gasteiger partial charge < -0.3 is 15.3 Å². The van der Waals surface area contributed by atoms with Gasteiger partial charge in [-0.3, -0.25) is 0 Å². The van der Waals surface area contributed by atoms with Crippen LogP contribution < -0.4 is 5.32 Å². The Hall–Kier alpha value is -2.30. The van der Waals surface area contributed by atoms with Crippen molar-refractivity contribution < 1.29 is 14.7 Å². The number of nitrogens with one attached hydrogen (secondary N) is 1. The molecule has 0 fully saturated rings. The van der Waals surface area contributed by atoms with Gasteiger partial charge in [0.25, 0.3) is 0 Å². The minimum Gasteiger partial charge on any atom is -0.478 e. The highest BCUT2D eigenvalue weighted by Gasteiger charge is 2.08. The zero-order valence-corrected chi connectivity index (χ0v) is 10.9. The van der Waals surface area contributed by atoms with Gasteiger partial charge in [0.15, 0.2) is 0 Å². The van der Waals surface area contributed by atoms with Crippen LogP contribution in [0.15, 0.2) is 36.9 Å². The topological polar surface area (TPSA) is 69.6 Å². The van der Waals surface area contributed by atoms with Crippen LogP contribution in [0.4, 0.5) is 10.5 Å². The summed E-state index contributed by atoms with van der Waals surface area (Å²) in [5, 5.41) is 11.5. The number of amides is 2. The molecule has 0 aliphatic carbocycles. The fourth-order valence-electron chi connectivity index (χ4n) is 1.49. The molecule has 2 N–H and O–H groups in total. The van der Waals surface area contributed by atoms with Crippen LogP contribution in [0.5, 0.6) is 0 Å². The van der Waals surface area contributed by atoms with Crippen molar-refractivity contribution in [3.05, 3.63) is 42.5 Å². The second-order valence-electron chi connectivity index (χ2n) is 4.17. The summed E-state index contributed by atoms with van der Waals surface area (Å²) in [5.74, 6) is -0.987. The van der Waals surface area contributed by atoms with Crippen LogP contribution in [-0.4, -0.2) is 35.6 Å². The maximum atomic E-state index is 11.8. The number of unbranched alkanes of at least 4 members (excludes halogenated alkanes) is 1. The number of aromatic carboxylic acids is 1. The fraction of sp³-hybridized carbons (Fsp3) is 0.286. The molecule has 0 saturated heterocycles. The summed E-state index contributed by atoms with van der Waals surface area (Å²) in [7, 11) is 1.71. The first-order chi connectivity index (χ1) is 9.04. The molecule has 102 valence electrons. The van der Waals surface area contributed by atoms with Crippen LogP contribution in [0, 0.1) is 0 Å². The average molecular weight is 262 g/mol.